The predicted octanol–water partition coefficient (Wildman–Crippen LogP) is 4.89. The van der Waals surface area contributed by atoms with E-state index in [1.165, 1.54) is 22.9 Å². The van der Waals surface area contributed by atoms with E-state index in [4.69, 9.17) is 23.9 Å². The number of fused-ring (bicyclic) bond motifs is 3. The number of benzene rings is 1. The lowest BCUT2D eigenvalue weighted by molar-refractivity contribution is -0.142. The van der Waals surface area contributed by atoms with Gasteiger partial charge in [-0.3, -0.25) is 24.0 Å². The van der Waals surface area contributed by atoms with Crippen LogP contribution < -0.4 is 29.7 Å². The molecule has 2 aliphatic heterocycles. The predicted molar refractivity (Wildman–Crippen MR) is 229 cm³/mol. The molecule has 0 spiro atoms. The maximum absolute atomic E-state index is 15.0. The van der Waals surface area contributed by atoms with Crippen molar-refractivity contribution in [1.82, 2.24) is 25.2 Å². The van der Waals surface area contributed by atoms with E-state index < -0.39 is 80.2 Å². The number of amides is 5. The maximum atomic E-state index is 15.0. The molecule has 17 nitrogen and oxygen atoms in total. The summed E-state index contributed by atoms with van der Waals surface area (Å²) >= 11 is 0. The first-order valence-electron chi connectivity index (χ1n) is 21.8. The SMILES string of the molecule is C=C[C@H]1C[C@]1(NC(=O)[C@@H]1C[C@@H]2CN1C(=O)[C@H](C1CCCCC1)NC(=O)OCC(C)(C)CCCc1cc3c(cc(N(C)C(=O)OCC)nc3cc1OC)O2)C(=O)NS(=O)(=O)C1CC1. The maximum Gasteiger partial charge on any atom is 0.415 e. The molecule has 3 heterocycles. The van der Waals surface area contributed by atoms with E-state index in [0.29, 0.717) is 60.9 Å². The minimum Gasteiger partial charge on any atom is -0.496 e. The lowest BCUT2D eigenvalue weighted by Crippen LogP contribution is -2.59. The summed E-state index contributed by atoms with van der Waals surface area (Å²) in [6, 6.07) is 3.12. The van der Waals surface area contributed by atoms with Gasteiger partial charge < -0.3 is 34.5 Å². The largest absolute Gasteiger partial charge is 0.496 e. The van der Waals surface area contributed by atoms with Crippen LogP contribution in [0.2, 0.25) is 0 Å². The molecule has 5 amide bonds. The lowest BCUT2D eigenvalue weighted by atomic mass is 9.83. The topological polar surface area (TPSA) is 212 Å². The van der Waals surface area contributed by atoms with Gasteiger partial charge in [-0.25, -0.2) is 23.0 Å². The van der Waals surface area contributed by atoms with Crippen LogP contribution in [-0.2, 0) is 40.3 Å². The van der Waals surface area contributed by atoms with E-state index >= 15 is 4.79 Å². The van der Waals surface area contributed by atoms with E-state index in [0.717, 1.165) is 31.2 Å². The third-order valence-electron chi connectivity index (χ3n) is 13.0. The molecule has 4 fully saturated rings. The summed E-state index contributed by atoms with van der Waals surface area (Å²) in [4.78, 5) is 77.4. The zero-order valence-electron chi connectivity index (χ0n) is 36.3. The molecule has 3 N–H and O–H groups in total. The Morgan fingerprint density at radius 2 is 1.84 bits per heavy atom. The number of rotatable bonds is 10. The molecule has 1 aromatic carbocycles. The first-order valence-corrected chi connectivity index (χ1v) is 23.4. The Labute approximate surface area is 363 Å². The van der Waals surface area contributed by atoms with Crippen LogP contribution in [0.15, 0.2) is 30.9 Å². The van der Waals surface area contributed by atoms with Crippen LogP contribution >= 0.6 is 0 Å². The number of carbonyl (C=O) groups is 5. The number of ether oxygens (including phenoxy) is 4. The molecular formula is C44H60N6O11S. The number of hydrogen-bond donors (Lipinski definition) is 3. The van der Waals surface area contributed by atoms with Crippen molar-refractivity contribution in [3.63, 3.8) is 0 Å². The molecule has 3 saturated carbocycles. The highest BCUT2D eigenvalue weighted by Gasteiger charge is 2.62. The first kappa shape index (κ1) is 44.9. The third kappa shape index (κ3) is 9.59. The van der Waals surface area contributed by atoms with Gasteiger partial charge in [0.05, 0.1) is 37.6 Å². The fourth-order valence-electron chi connectivity index (χ4n) is 9.08. The van der Waals surface area contributed by atoms with Gasteiger partial charge in [0.1, 0.15) is 41.0 Å². The van der Waals surface area contributed by atoms with Crippen LogP contribution in [0.4, 0.5) is 15.4 Å². The van der Waals surface area contributed by atoms with Crippen molar-refractivity contribution >= 4 is 56.7 Å². The van der Waals surface area contributed by atoms with Crippen LogP contribution in [0, 0.1) is 17.3 Å². The molecule has 0 unspecified atom stereocenters. The van der Waals surface area contributed by atoms with Crippen LogP contribution in [0.1, 0.15) is 97.0 Å². The normalized spacial score (nSPS) is 26.8. The number of aromatic nitrogens is 1. The molecule has 7 rings (SSSR count). The van der Waals surface area contributed by atoms with E-state index in [1.807, 2.05) is 19.9 Å². The Balaban J connectivity index is 1.29. The van der Waals surface area contributed by atoms with E-state index in [-0.39, 0.29) is 44.3 Å². The Kier molecular flexibility index (Phi) is 13.0. The summed E-state index contributed by atoms with van der Waals surface area (Å²) in [6.07, 6.45) is 6.42. The highest BCUT2D eigenvalue weighted by molar-refractivity contribution is 7.91. The van der Waals surface area contributed by atoms with Crippen molar-refractivity contribution in [2.24, 2.45) is 17.3 Å². The molecular weight excluding hydrogens is 821 g/mol. The highest BCUT2D eigenvalue weighted by atomic mass is 32.2. The van der Waals surface area contributed by atoms with Crippen molar-refractivity contribution in [2.45, 2.75) is 127 Å². The molecule has 1 saturated heterocycles. The molecule has 0 radical (unpaired) electrons. The van der Waals surface area contributed by atoms with Crippen molar-refractivity contribution in [3.8, 4) is 11.5 Å². The van der Waals surface area contributed by atoms with Gasteiger partial charge in [0.15, 0.2) is 0 Å². The molecule has 5 aliphatic rings. The van der Waals surface area contributed by atoms with E-state index in [1.54, 1.807) is 26.2 Å². The minimum absolute atomic E-state index is 0.0275. The van der Waals surface area contributed by atoms with Crippen molar-refractivity contribution in [1.29, 1.82) is 0 Å². The number of cyclic esters (lactones) is 1. The molecule has 62 heavy (non-hydrogen) atoms. The number of nitrogens with zero attached hydrogens (tertiary/aromatic N) is 3. The Morgan fingerprint density at radius 1 is 1.10 bits per heavy atom. The standard InChI is InChI=1S/C44H60N6O11S/c1-7-28-23-44(28,40(53)48-62(56,57)30-16-17-30)47-38(51)33-20-29-24-50(33)39(52)37(26-13-10-9-11-14-26)46-41(54)60-25-43(3,4)18-12-15-27-19-31-32(21-34(27)58-6)45-36(22-35(31)61-29)49(5)42(55)59-8-2/h7,19,21-22,26,28-30,33,37H,1,8-18,20,23-25H2,2-6H3,(H,46,54)(H,47,51)(H,48,53)/t28-,29+,33-,37-,44+/m0/s1. The third-order valence-corrected chi connectivity index (χ3v) is 14.8. The van der Waals surface area contributed by atoms with Gasteiger partial charge in [-0.2, -0.15) is 0 Å². The number of sulfonamides is 1. The quantitative estimate of drug-likeness (QED) is 0.273. The van der Waals surface area contributed by atoms with Gasteiger partial charge in [0.25, 0.3) is 5.91 Å². The lowest BCUT2D eigenvalue weighted by Gasteiger charge is -2.35. The molecule has 3 aliphatic carbocycles. The molecule has 338 valence electrons. The number of pyridine rings is 1. The molecule has 4 bridgehead atoms. The second-order valence-corrected chi connectivity index (χ2v) is 20.2. The van der Waals surface area contributed by atoms with Gasteiger partial charge in [-0.05, 0) is 81.3 Å². The number of nitrogens with one attached hydrogen (secondary N) is 3. The van der Waals surface area contributed by atoms with Gasteiger partial charge in [0.2, 0.25) is 21.8 Å². The molecule has 18 heteroatoms. The summed E-state index contributed by atoms with van der Waals surface area (Å²) < 4.78 is 51.6. The number of anilines is 1. The van der Waals surface area contributed by atoms with Crippen molar-refractivity contribution in [3.05, 3.63) is 36.4 Å². The summed E-state index contributed by atoms with van der Waals surface area (Å²) in [7, 11) is -0.842. The zero-order valence-corrected chi connectivity index (χ0v) is 37.1. The zero-order chi connectivity index (χ0) is 44.6. The smallest absolute Gasteiger partial charge is 0.415 e. The van der Waals surface area contributed by atoms with Crippen LogP contribution in [0.25, 0.3) is 10.9 Å². The van der Waals surface area contributed by atoms with Gasteiger partial charge in [-0.15, -0.1) is 6.58 Å². The van der Waals surface area contributed by atoms with Gasteiger partial charge in [-0.1, -0.05) is 39.2 Å². The molecule has 5 atom stereocenters. The monoisotopic (exact) mass is 880 g/mol. The Hall–Kier alpha value is -5.13. The fraction of sp³-hybridized carbons (Fsp3) is 0.636. The Bertz CT molecular complexity index is 2210. The highest BCUT2D eigenvalue weighted by Crippen LogP contribution is 2.46. The number of aryl methyl sites for hydroxylation is 1. The van der Waals surface area contributed by atoms with E-state index in [9.17, 15) is 27.6 Å². The fourth-order valence-corrected chi connectivity index (χ4v) is 10.4. The van der Waals surface area contributed by atoms with Crippen LogP contribution in [-0.4, -0.2) is 111 Å². The van der Waals surface area contributed by atoms with Gasteiger partial charge in [0, 0.05) is 36.9 Å². The molecule has 1 aromatic heterocycles. The first-order chi connectivity index (χ1) is 29.5. The Morgan fingerprint density at radius 3 is 2.50 bits per heavy atom. The summed E-state index contributed by atoms with van der Waals surface area (Å²) in [5.74, 6) is -1.68. The number of alkyl carbamates (subject to hydrolysis) is 1. The summed E-state index contributed by atoms with van der Waals surface area (Å²) in [6.45, 7) is 9.69. The minimum atomic E-state index is -3.94. The summed E-state index contributed by atoms with van der Waals surface area (Å²) in [5.41, 5.74) is -0.673. The second-order valence-electron chi connectivity index (χ2n) is 18.2. The number of hydrogen-bond acceptors (Lipinski definition) is 12. The van der Waals surface area contributed by atoms with Gasteiger partial charge >= 0.3 is 12.2 Å². The molecule has 2 aromatic rings. The number of carbonyl (C=O) groups excluding carboxylic acids is 5. The average Bonchev–Trinajstić information content (AvgIpc) is 4.18. The average molecular weight is 881 g/mol. The second kappa shape index (κ2) is 17.9. The van der Waals surface area contributed by atoms with Crippen LogP contribution in [0.3, 0.4) is 0 Å². The number of methoxy groups -OCH3 is 1. The van der Waals surface area contributed by atoms with Crippen molar-refractivity contribution < 1.29 is 51.3 Å². The van der Waals surface area contributed by atoms with Crippen molar-refractivity contribution in [2.75, 3.05) is 38.8 Å². The van der Waals surface area contributed by atoms with E-state index in [2.05, 4.69) is 21.9 Å². The summed E-state index contributed by atoms with van der Waals surface area (Å²) in [5, 5.41) is 5.68. The van der Waals surface area contributed by atoms with Crippen LogP contribution in [0.5, 0.6) is 11.5 Å².